The first-order valence-electron chi connectivity index (χ1n) is 25.8. The molecule has 0 saturated heterocycles. The second kappa shape index (κ2) is 42.2. The van der Waals surface area contributed by atoms with Gasteiger partial charge >= 0.3 is 11.9 Å². The number of hydrogen-bond donors (Lipinski definition) is 2. The van der Waals surface area contributed by atoms with Crippen LogP contribution in [0.4, 0.5) is 0 Å². The highest BCUT2D eigenvalue weighted by molar-refractivity contribution is 5.97. The Hall–Kier alpha value is -2.13. The van der Waals surface area contributed by atoms with Gasteiger partial charge in [-0.3, -0.25) is 14.4 Å². The zero-order chi connectivity index (χ0) is 43.6. The number of rotatable bonds is 45. The van der Waals surface area contributed by atoms with Crippen molar-refractivity contribution >= 4 is 17.7 Å². The highest BCUT2D eigenvalue weighted by atomic mass is 16.5. The lowest BCUT2D eigenvalue weighted by atomic mass is 10.0. The molecular weight excluding hydrogens is 751 g/mol. The van der Waals surface area contributed by atoms with Gasteiger partial charge in [0.2, 0.25) is 5.78 Å². The third-order valence-electron chi connectivity index (χ3n) is 12.1. The number of likely N-dealkylation sites (N-methyl/N-ethyl adjacent to an activating group) is 1. The summed E-state index contributed by atoms with van der Waals surface area (Å²) in [5.74, 6) is -0.0131. The lowest BCUT2D eigenvalue weighted by molar-refractivity contribution is -0.150. The van der Waals surface area contributed by atoms with Crippen LogP contribution in [-0.4, -0.2) is 81.8 Å². The van der Waals surface area contributed by atoms with Gasteiger partial charge in [-0.05, 0) is 83.8 Å². The zero-order valence-electron chi connectivity index (χ0n) is 40.0. The minimum absolute atomic E-state index is 0.00976. The highest BCUT2D eigenvalue weighted by Crippen LogP contribution is 2.19. The van der Waals surface area contributed by atoms with Crippen LogP contribution in [-0.2, 0) is 28.6 Å². The van der Waals surface area contributed by atoms with Crippen molar-refractivity contribution in [2.75, 3.05) is 53.0 Å². The maximum atomic E-state index is 12.9. The monoisotopic (exact) mass is 848 g/mol. The molecule has 1 rings (SSSR count). The normalized spacial score (nSPS) is 13.1. The van der Waals surface area contributed by atoms with E-state index in [1.54, 1.807) is 0 Å². The molecular formula is C51H97N3O6. The molecule has 0 atom stereocenters. The molecule has 9 heteroatoms. The Morgan fingerprint density at radius 1 is 0.567 bits per heavy atom. The van der Waals surface area contributed by atoms with Crippen molar-refractivity contribution < 1.29 is 28.6 Å². The van der Waals surface area contributed by atoms with Gasteiger partial charge in [-0.25, -0.2) is 0 Å². The fourth-order valence-electron chi connectivity index (χ4n) is 8.21. The van der Waals surface area contributed by atoms with Gasteiger partial charge in [0.05, 0.1) is 18.9 Å². The molecule has 0 saturated carbocycles. The molecule has 0 aromatic carbocycles. The first-order chi connectivity index (χ1) is 29.4. The Bertz CT molecular complexity index is 1040. The number of hydrogen-bond acceptors (Lipinski definition) is 9. The number of ether oxygens (including phenoxy) is 3. The molecule has 60 heavy (non-hydrogen) atoms. The van der Waals surface area contributed by atoms with Crippen LogP contribution in [0.5, 0.6) is 0 Å². The molecule has 0 bridgehead atoms. The summed E-state index contributed by atoms with van der Waals surface area (Å²) in [6.45, 7) is 11.8. The molecule has 0 spiro atoms. The van der Waals surface area contributed by atoms with E-state index in [9.17, 15) is 14.4 Å². The molecule has 352 valence electrons. The summed E-state index contributed by atoms with van der Waals surface area (Å²) in [5.41, 5.74) is 1.51. The topological polar surface area (TPSA) is 106 Å². The predicted octanol–water partition coefficient (Wildman–Crippen LogP) is 12.7. The number of carbonyl (C=O) groups excluding carboxylic acids is 3. The van der Waals surface area contributed by atoms with Gasteiger partial charge in [0.15, 0.2) is 0 Å². The van der Waals surface area contributed by atoms with Crippen molar-refractivity contribution in [3.05, 3.63) is 11.4 Å². The van der Waals surface area contributed by atoms with Crippen molar-refractivity contribution in [2.45, 2.75) is 245 Å². The molecule has 2 N–H and O–H groups in total. The smallest absolute Gasteiger partial charge is 0.306 e. The average molecular weight is 848 g/mol. The van der Waals surface area contributed by atoms with Gasteiger partial charge in [-0.1, -0.05) is 162 Å². The van der Waals surface area contributed by atoms with Gasteiger partial charge in [0.25, 0.3) is 0 Å². The van der Waals surface area contributed by atoms with E-state index in [2.05, 4.69) is 36.3 Å². The van der Waals surface area contributed by atoms with Crippen molar-refractivity contribution in [1.82, 2.24) is 15.5 Å². The second-order valence-electron chi connectivity index (χ2n) is 17.7. The molecule has 9 nitrogen and oxygen atoms in total. The third kappa shape index (κ3) is 33.5. The largest absolute Gasteiger partial charge is 0.466 e. The Kier molecular flexibility index (Phi) is 39.3. The van der Waals surface area contributed by atoms with E-state index in [-0.39, 0.29) is 30.4 Å². The van der Waals surface area contributed by atoms with Crippen LogP contribution >= 0.6 is 0 Å². The molecule has 0 aromatic heterocycles. The summed E-state index contributed by atoms with van der Waals surface area (Å²) in [5, 5.41) is 6.50. The molecule has 0 aromatic rings. The summed E-state index contributed by atoms with van der Waals surface area (Å²) in [6, 6.07) is 0. The Morgan fingerprint density at radius 2 is 1.02 bits per heavy atom. The van der Waals surface area contributed by atoms with Gasteiger partial charge in [0.1, 0.15) is 18.4 Å². The van der Waals surface area contributed by atoms with Crippen LogP contribution in [0.3, 0.4) is 0 Å². The minimum Gasteiger partial charge on any atom is -0.466 e. The van der Waals surface area contributed by atoms with Gasteiger partial charge in [0, 0.05) is 26.4 Å². The molecule has 0 aliphatic carbocycles. The highest BCUT2D eigenvalue weighted by Gasteiger charge is 2.20. The van der Waals surface area contributed by atoms with Crippen molar-refractivity contribution in [1.29, 1.82) is 0 Å². The van der Waals surface area contributed by atoms with Crippen LogP contribution in [0.25, 0.3) is 0 Å². The molecule has 0 radical (unpaired) electrons. The predicted molar refractivity (Wildman–Crippen MR) is 251 cm³/mol. The molecule has 1 heterocycles. The van der Waals surface area contributed by atoms with Crippen molar-refractivity contribution in [2.24, 2.45) is 0 Å². The third-order valence-corrected chi connectivity index (χ3v) is 12.1. The summed E-state index contributed by atoms with van der Waals surface area (Å²) in [7, 11) is 1.83. The van der Waals surface area contributed by atoms with Crippen LogP contribution in [0.2, 0.25) is 0 Å². The van der Waals surface area contributed by atoms with Crippen LogP contribution < -0.4 is 10.6 Å². The Balaban J connectivity index is 2.39. The fourth-order valence-corrected chi connectivity index (χ4v) is 8.21. The molecule has 1 aliphatic heterocycles. The average Bonchev–Trinajstić information content (AvgIpc) is 3.24. The Morgan fingerprint density at radius 3 is 1.55 bits per heavy atom. The SMILES string of the molecule is CCCCCCCCCOC(=O)CCCCCCCN(CCCCCCCC(=O)OC(CCCCCCCC)CCCCCCCC)CCCNC1=C(NC)COCC1=O. The molecule has 1 aliphatic rings. The first kappa shape index (κ1) is 55.9. The van der Waals surface area contributed by atoms with Crippen molar-refractivity contribution in [3.8, 4) is 0 Å². The number of nitrogens with zero attached hydrogens (tertiary/aromatic N) is 1. The quantitative estimate of drug-likeness (QED) is 0.0458. The maximum Gasteiger partial charge on any atom is 0.306 e. The van der Waals surface area contributed by atoms with E-state index in [1.807, 2.05) is 7.05 Å². The van der Waals surface area contributed by atoms with E-state index in [4.69, 9.17) is 14.2 Å². The van der Waals surface area contributed by atoms with E-state index in [1.165, 1.54) is 122 Å². The van der Waals surface area contributed by atoms with Gasteiger partial charge in [-0.2, -0.15) is 0 Å². The van der Waals surface area contributed by atoms with E-state index in [0.717, 1.165) is 115 Å². The van der Waals surface area contributed by atoms with Crippen molar-refractivity contribution in [3.63, 3.8) is 0 Å². The fraction of sp³-hybridized carbons (Fsp3) is 0.902. The van der Waals surface area contributed by atoms with Gasteiger partial charge < -0.3 is 29.7 Å². The second-order valence-corrected chi connectivity index (χ2v) is 17.7. The Labute approximate surface area is 370 Å². The van der Waals surface area contributed by atoms with Crippen LogP contribution in [0, 0.1) is 0 Å². The zero-order valence-corrected chi connectivity index (χ0v) is 40.0. The summed E-state index contributed by atoms with van der Waals surface area (Å²) >= 11 is 0. The number of carbonyl (C=O) groups is 3. The number of ketones is 1. The van der Waals surface area contributed by atoms with Gasteiger partial charge in [-0.15, -0.1) is 0 Å². The molecule has 0 fully saturated rings. The lowest BCUT2D eigenvalue weighted by Crippen LogP contribution is -2.36. The summed E-state index contributed by atoms with van der Waals surface area (Å²) in [4.78, 5) is 40.1. The van der Waals surface area contributed by atoms with E-state index in [0.29, 0.717) is 31.8 Å². The number of nitrogens with one attached hydrogen (secondary N) is 2. The summed E-state index contributed by atoms with van der Waals surface area (Å²) < 4.78 is 16.9. The molecule has 0 unspecified atom stereocenters. The molecule has 0 amide bonds. The summed E-state index contributed by atoms with van der Waals surface area (Å²) in [6.07, 6.45) is 39.0. The van der Waals surface area contributed by atoms with E-state index < -0.39 is 0 Å². The number of esters is 2. The van der Waals surface area contributed by atoms with E-state index >= 15 is 0 Å². The minimum atomic E-state index is -0.0352. The maximum absolute atomic E-state index is 12.9. The number of Topliss-reactive ketones (excluding diaryl/α,β-unsaturated/α-hetero) is 1. The van der Waals surface area contributed by atoms with Crippen LogP contribution in [0.15, 0.2) is 11.4 Å². The first-order valence-corrected chi connectivity index (χ1v) is 25.8. The van der Waals surface area contributed by atoms with Crippen LogP contribution in [0.1, 0.15) is 239 Å². The lowest BCUT2D eigenvalue weighted by Gasteiger charge is -2.24. The number of unbranched alkanes of at least 4 members (excludes halogenated alkanes) is 24. The standard InChI is InChI=1S/C51H97N3O6/c1-5-8-11-14-17-26-33-43-59-49(56)37-29-22-18-24-31-40-54(42-34-39-53-51-47(52-4)44-58-45-48(51)55)41-32-25-19-23-30-38-50(57)60-46(35-27-20-15-12-9-6-2)36-28-21-16-13-10-7-3/h46,52-53H,5-45H2,1-4H3.